The molecule has 1 rings (SSSR count). The fraction of sp³-hybridized carbons (Fsp3) is 0.333. The summed E-state index contributed by atoms with van der Waals surface area (Å²) in [7, 11) is 0. The number of rotatable bonds is 2. The highest BCUT2D eigenvalue weighted by atomic mass is 19.4. The Bertz CT molecular complexity index is 384. The molecule has 16 heavy (non-hydrogen) atoms. The van der Waals surface area contributed by atoms with Gasteiger partial charge in [0.05, 0.1) is 5.56 Å². The first-order valence-corrected chi connectivity index (χ1v) is 4.13. The molecule has 0 atom stereocenters. The maximum Gasteiger partial charge on any atom is 0.458 e. The molecular weight excluding hydrogens is 236 g/mol. The molecule has 0 saturated carbocycles. The van der Waals surface area contributed by atoms with E-state index in [1.807, 2.05) is 0 Å². The second kappa shape index (κ2) is 3.97. The summed E-state index contributed by atoms with van der Waals surface area (Å²) in [4.78, 5) is 0. The summed E-state index contributed by atoms with van der Waals surface area (Å²) in [6.45, 7) is -0.144. The summed E-state index contributed by atoms with van der Waals surface area (Å²) in [6.07, 6.45) is -5.82. The maximum absolute atomic E-state index is 13.0. The van der Waals surface area contributed by atoms with Crippen molar-refractivity contribution in [2.24, 2.45) is 5.73 Å². The van der Waals surface area contributed by atoms with Crippen molar-refractivity contribution in [2.45, 2.75) is 18.6 Å². The summed E-state index contributed by atoms with van der Waals surface area (Å²) in [5.41, 5.74) is 3.53. The Morgan fingerprint density at radius 1 is 1.06 bits per heavy atom. The zero-order chi connectivity index (χ0) is 12.6. The van der Waals surface area contributed by atoms with Gasteiger partial charge in [-0.2, -0.15) is 22.0 Å². The fourth-order valence-electron chi connectivity index (χ4n) is 1.09. The Hall–Kier alpha value is -1.24. The monoisotopic (exact) mass is 243 g/mol. The largest absolute Gasteiger partial charge is 0.458 e. The minimum absolute atomic E-state index is 0.138. The minimum Gasteiger partial charge on any atom is -0.326 e. The van der Waals surface area contributed by atoms with E-state index in [9.17, 15) is 26.3 Å². The van der Waals surface area contributed by atoms with Crippen molar-refractivity contribution in [3.63, 3.8) is 0 Å². The lowest BCUT2D eigenvalue weighted by molar-refractivity contribution is -0.290. The average Bonchev–Trinajstić information content (AvgIpc) is 2.15. The molecule has 0 amide bonds. The predicted molar refractivity (Wildman–Crippen MR) is 44.2 cm³/mol. The lowest BCUT2D eigenvalue weighted by atomic mass is 10.0. The highest BCUT2D eigenvalue weighted by molar-refractivity contribution is 5.28. The summed E-state index contributed by atoms with van der Waals surface area (Å²) in [6, 6.07) is 1.89. The van der Waals surface area contributed by atoms with Gasteiger partial charge in [-0.25, -0.2) is 4.39 Å². The number of benzene rings is 1. The van der Waals surface area contributed by atoms with Gasteiger partial charge in [-0.05, 0) is 17.7 Å². The van der Waals surface area contributed by atoms with Crippen LogP contribution in [0.2, 0.25) is 0 Å². The number of hydrogen-bond acceptors (Lipinski definition) is 1. The minimum atomic E-state index is -5.82. The van der Waals surface area contributed by atoms with E-state index in [-0.39, 0.29) is 12.1 Å². The molecule has 7 heteroatoms. The SMILES string of the molecule is NCc1ccc(C(F)(F)C(F)(F)F)c(F)c1. The van der Waals surface area contributed by atoms with Gasteiger partial charge in [0.2, 0.25) is 0 Å². The number of halogens is 6. The van der Waals surface area contributed by atoms with Crippen molar-refractivity contribution in [3.05, 3.63) is 35.1 Å². The smallest absolute Gasteiger partial charge is 0.326 e. The molecule has 1 nitrogen and oxygen atoms in total. The third kappa shape index (κ3) is 2.13. The molecule has 1 aromatic rings. The van der Waals surface area contributed by atoms with Gasteiger partial charge in [0.1, 0.15) is 5.82 Å². The Morgan fingerprint density at radius 2 is 1.62 bits per heavy atom. The molecule has 0 radical (unpaired) electrons. The topological polar surface area (TPSA) is 26.0 Å². The molecule has 0 aliphatic rings. The van der Waals surface area contributed by atoms with Crippen LogP contribution in [0, 0.1) is 5.82 Å². The Kier molecular flexibility index (Phi) is 3.18. The van der Waals surface area contributed by atoms with Crippen LogP contribution in [0.3, 0.4) is 0 Å². The van der Waals surface area contributed by atoms with Gasteiger partial charge in [0, 0.05) is 6.54 Å². The van der Waals surface area contributed by atoms with Crippen molar-refractivity contribution < 1.29 is 26.3 Å². The van der Waals surface area contributed by atoms with Crippen LogP contribution in [0.1, 0.15) is 11.1 Å². The zero-order valence-electron chi connectivity index (χ0n) is 7.78. The van der Waals surface area contributed by atoms with E-state index in [0.717, 1.165) is 6.07 Å². The molecule has 0 unspecified atom stereocenters. The van der Waals surface area contributed by atoms with Crippen molar-refractivity contribution in [2.75, 3.05) is 0 Å². The van der Waals surface area contributed by atoms with Crippen LogP contribution >= 0.6 is 0 Å². The van der Waals surface area contributed by atoms with E-state index in [2.05, 4.69) is 0 Å². The van der Waals surface area contributed by atoms with Gasteiger partial charge in [0.25, 0.3) is 0 Å². The van der Waals surface area contributed by atoms with Gasteiger partial charge in [-0.15, -0.1) is 0 Å². The summed E-state index contributed by atoms with van der Waals surface area (Å²) in [5, 5.41) is 0. The van der Waals surface area contributed by atoms with Crippen molar-refractivity contribution in [1.82, 2.24) is 0 Å². The van der Waals surface area contributed by atoms with Crippen LogP contribution in [0.15, 0.2) is 18.2 Å². The molecule has 0 fully saturated rings. The van der Waals surface area contributed by atoms with Gasteiger partial charge < -0.3 is 5.73 Å². The summed E-state index contributed by atoms with van der Waals surface area (Å²) >= 11 is 0. The molecule has 0 saturated heterocycles. The van der Waals surface area contributed by atoms with E-state index < -0.39 is 23.5 Å². The highest BCUT2D eigenvalue weighted by Gasteiger charge is 2.59. The number of nitrogens with two attached hydrogens (primary N) is 1. The third-order valence-electron chi connectivity index (χ3n) is 1.96. The average molecular weight is 243 g/mol. The molecule has 1 aromatic carbocycles. The second-order valence-corrected chi connectivity index (χ2v) is 3.09. The van der Waals surface area contributed by atoms with Gasteiger partial charge in [-0.3, -0.25) is 0 Å². The molecule has 90 valence electrons. The van der Waals surface area contributed by atoms with E-state index in [1.54, 1.807) is 0 Å². The van der Waals surface area contributed by atoms with Crippen LogP contribution in [-0.2, 0) is 12.5 Å². The van der Waals surface area contributed by atoms with Crippen LogP contribution in [-0.4, -0.2) is 6.18 Å². The van der Waals surface area contributed by atoms with Crippen LogP contribution in [0.5, 0.6) is 0 Å². The van der Waals surface area contributed by atoms with Crippen molar-refractivity contribution in [3.8, 4) is 0 Å². The first-order valence-electron chi connectivity index (χ1n) is 4.13. The molecule has 0 aromatic heterocycles. The first kappa shape index (κ1) is 12.8. The Labute approximate surface area is 86.9 Å². The highest BCUT2D eigenvalue weighted by Crippen LogP contribution is 2.44. The van der Waals surface area contributed by atoms with Crippen molar-refractivity contribution >= 4 is 0 Å². The molecule has 0 aliphatic carbocycles. The van der Waals surface area contributed by atoms with Crippen LogP contribution in [0.25, 0.3) is 0 Å². The molecule has 0 aliphatic heterocycles. The van der Waals surface area contributed by atoms with E-state index in [0.29, 0.717) is 12.1 Å². The Morgan fingerprint density at radius 3 is 2.00 bits per heavy atom. The van der Waals surface area contributed by atoms with E-state index >= 15 is 0 Å². The number of alkyl halides is 5. The molecule has 0 spiro atoms. The Balaban J connectivity index is 3.24. The molecular formula is C9H7F6N. The normalized spacial score (nSPS) is 12.9. The molecule has 2 N–H and O–H groups in total. The number of hydrogen-bond donors (Lipinski definition) is 1. The van der Waals surface area contributed by atoms with E-state index in [4.69, 9.17) is 5.73 Å². The van der Waals surface area contributed by atoms with Gasteiger partial charge >= 0.3 is 12.1 Å². The van der Waals surface area contributed by atoms with Crippen LogP contribution in [0.4, 0.5) is 26.3 Å². The maximum atomic E-state index is 13.0. The quantitative estimate of drug-likeness (QED) is 0.794. The predicted octanol–water partition coefficient (Wildman–Crippen LogP) is 2.94. The molecule has 0 bridgehead atoms. The summed E-state index contributed by atoms with van der Waals surface area (Å²) < 4.78 is 74.4. The van der Waals surface area contributed by atoms with Crippen molar-refractivity contribution in [1.29, 1.82) is 0 Å². The third-order valence-corrected chi connectivity index (χ3v) is 1.96. The van der Waals surface area contributed by atoms with E-state index in [1.165, 1.54) is 0 Å². The standard InChI is InChI=1S/C9H7F6N/c10-7-3-5(4-16)1-2-6(7)8(11,12)9(13,14)15/h1-3H,4,16H2. The lowest BCUT2D eigenvalue weighted by Crippen LogP contribution is -2.34. The van der Waals surface area contributed by atoms with Gasteiger partial charge in [-0.1, -0.05) is 6.07 Å². The second-order valence-electron chi connectivity index (χ2n) is 3.09. The first-order chi connectivity index (χ1) is 7.20. The fourth-order valence-corrected chi connectivity index (χ4v) is 1.09. The molecule has 0 heterocycles. The zero-order valence-corrected chi connectivity index (χ0v) is 7.78. The lowest BCUT2D eigenvalue weighted by Gasteiger charge is -2.20. The van der Waals surface area contributed by atoms with Crippen LogP contribution < -0.4 is 5.73 Å². The van der Waals surface area contributed by atoms with Gasteiger partial charge in [0.15, 0.2) is 0 Å². The summed E-state index contributed by atoms with van der Waals surface area (Å²) in [5.74, 6) is -6.82.